The molecular formula is C20H22N4O2. The van der Waals surface area contributed by atoms with Crippen LogP contribution in [0, 0.1) is 0 Å². The summed E-state index contributed by atoms with van der Waals surface area (Å²) < 4.78 is 1.76. The molecule has 0 saturated carbocycles. The van der Waals surface area contributed by atoms with Gasteiger partial charge in [-0.2, -0.15) is 5.10 Å². The van der Waals surface area contributed by atoms with Gasteiger partial charge in [0.2, 0.25) is 0 Å². The van der Waals surface area contributed by atoms with Crippen LogP contribution in [0.2, 0.25) is 0 Å². The Labute approximate surface area is 152 Å². The van der Waals surface area contributed by atoms with Gasteiger partial charge in [0, 0.05) is 32.5 Å². The number of aromatic nitrogens is 3. The fraction of sp³-hybridized carbons (Fsp3) is 0.250. The number of carbonyl (C=O) groups excluding carboxylic acids is 1. The minimum atomic E-state index is -0.365. The van der Waals surface area contributed by atoms with E-state index in [0.717, 1.165) is 24.0 Å². The Morgan fingerprint density at radius 3 is 2.62 bits per heavy atom. The van der Waals surface area contributed by atoms with Crippen molar-refractivity contribution in [2.75, 3.05) is 13.6 Å². The molecule has 0 unspecified atom stereocenters. The monoisotopic (exact) mass is 350 g/mol. The van der Waals surface area contributed by atoms with Crippen molar-refractivity contribution in [1.29, 1.82) is 0 Å². The molecule has 0 aliphatic carbocycles. The number of H-pyrrole nitrogens is 1. The molecule has 0 bridgehead atoms. The van der Waals surface area contributed by atoms with Gasteiger partial charge in [-0.25, -0.2) is 0 Å². The number of aromatic amines is 1. The van der Waals surface area contributed by atoms with Gasteiger partial charge < -0.3 is 9.88 Å². The van der Waals surface area contributed by atoms with E-state index in [-0.39, 0.29) is 17.0 Å². The molecule has 0 aliphatic heterocycles. The number of hydrogen-bond acceptors (Lipinski definition) is 3. The molecule has 3 aromatic rings. The van der Waals surface area contributed by atoms with Gasteiger partial charge in [0.25, 0.3) is 11.5 Å². The number of amides is 1. The first kappa shape index (κ1) is 17.7. The van der Waals surface area contributed by atoms with E-state index < -0.39 is 0 Å². The average molecular weight is 350 g/mol. The molecule has 0 aliphatic rings. The van der Waals surface area contributed by atoms with Crippen molar-refractivity contribution in [3.63, 3.8) is 0 Å². The number of pyridine rings is 1. The summed E-state index contributed by atoms with van der Waals surface area (Å²) in [6, 6.07) is 12.9. The molecular weight excluding hydrogens is 328 g/mol. The molecule has 26 heavy (non-hydrogen) atoms. The predicted octanol–water partition coefficient (Wildman–Crippen LogP) is 2.48. The van der Waals surface area contributed by atoms with E-state index in [1.807, 2.05) is 49.8 Å². The SMILES string of the molecule is CN(CCCc1cnn(C)c1)C(=O)c1ccc(-c2ccccc2)[nH]c1=O. The van der Waals surface area contributed by atoms with Crippen molar-refractivity contribution in [3.05, 3.63) is 76.3 Å². The van der Waals surface area contributed by atoms with Crippen LogP contribution in [0.25, 0.3) is 11.3 Å². The van der Waals surface area contributed by atoms with E-state index in [1.165, 1.54) is 0 Å². The molecule has 1 amide bonds. The molecule has 0 fully saturated rings. The quantitative estimate of drug-likeness (QED) is 0.742. The summed E-state index contributed by atoms with van der Waals surface area (Å²) in [4.78, 5) is 29.3. The molecule has 0 radical (unpaired) electrons. The van der Waals surface area contributed by atoms with Crippen LogP contribution in [0.4, 0.5) is 0 Å². The van der Waals surface area contributed by atoms with Crippen LogP contribution in [0.1, 0.15) is 22.3 Å². The second-order valence-corrected chi connectivity index (χ2v) is 6.33. The highest BCUT2D eigenvalue weighted by atomic mass is 16.2. The summed E-state index contributed by atoms with van der Waals surface area (Å²) in [7, 11) is 3.60. The Morgan fingerprint density at radius 1 is 1.19 bits per heavy atom. The lowest BCUT2D eigenvalue weighted by Crippen LogP contribution is -2.32. The zero-order chi connectivity index (χ0) is 18.5. The zero-order valence-corrected chi connectivity index (χ0v) is 15.0. The number of carbonyl (C=O) groups is 1. The van der Waals surface area contributed by atoms with E-state index in [0.29, 0.717) is 12.2 Å². The molecule has 134 valence electrons. The maximum absolute atomic E-state index is 12.5. The molecule has 0 spiro atoms. The van der Waals surface area contributed by atoms with Gasteiger partial charge in [0.05, 0.1) is 6.20 Å². The Bertz CT molecular complexity index is 944. The summed E-state index contributed by atoms with van der Waals surface area (Å²) in [6.45, 7) is 0.577. The minimum absolute atomic E-state index is 0.161. The second kappa shape index (κ2) is 7.82. The number of nitrogens with one attached hydrogen (secondary N) is 1. The molecule has 3 rings (SSSR count). The Kier molecular flexibility index (Phi) is 5.31. The number of nitrogens with zero attached hydrogens (tertiary/aromatic N) is 3. The van der Waals surface area contributed by atoms with Crippen molar-refractivity contribution in [2.24, 2.45) is 7.05 Å². The molecule has 2 aromatic heterocycles. The zero-order valence-electron chi connectivity index (χ0n) is 15.0. The molecule has 0 saturated heterocycles. The highest BCUT2D eigenvalue weighted by Crippen LogP contribution is 2.15. The van der Waals surface area contributed by atoms with Crippen molar-refractivity contribution >= 4 is 5.91 Å². The van der Waals surface area contributed by atoms with Crippen LogP contribution in [0.3, 0.4) is 0 Å². The lowest BCUT2D eigenvalue weighted by Gasteiger charge is -2.16. The first-order valence-corrected chi connectivity index (χ1v) is 8.56. The van der Waals surface area contributed by atoms with Crippen molar-refractivity contribution in [3.8, 4) is 11.3 Å². The van der Waals surface area contributed by atoms with Gasteiger partial charge >= 0.3 is 0 Å². The van der Waals surface area contributed by atoms with E-state index in [1.54, 1.807) is 28.8 Å². The minimum Gasteiger partial charge on any atom is -0.342 e. The number of aryl methyl sites for hydroxylation is 2. The van der Waals surface area contributed by atoms with Gasteiger partial charge in [0.15, 0.2) is 0 Å². The lowest BCUT2D eigenvalue weighted by atomic mass is 10.1. The lowest BCUT2D eigenvalue weighted by molar-refractivity contribution is 0.0792. The van der Waals surface area contributed by atoms with E-state index >= 15 is 0 Å². The fourth-order valence-corrected chi connectivity index (χ4v) is 2.86. The van der Waals surface area contributed by atoms with Gasteiger partial charge in [-0.1, -0.05) is 30.3 Å². The first-order chi connectivity index (χ1) is 12.5. The molecule has 6 heteroatoms. The third-order valence-corrected chi connectivity index (χ3v) is 4.29. The Morgan fingerprint density at radius 2 is 1.96 bits per heavy atom. The Balaban J connectivity index is 1.64. The van der Waals surface area contributed by atoms with Crippen LogP contribution in [-0.4, -0.2) is 39.2 Å². The van der Waals surface area contributed by atoms with Gasteiger partial charge in [-0.3, -0.25) is 14.3 Å². The third kappa shape index (κ3) is 4.08. The molecule has 1 N–H and O–H groups in total. The van der Waals surface area contributed by atoms with Gasteiger partial charge in [-0.05, 0) is 36.1 Å². The number of rotatable bonds is 6. The molecule has 1 aromatic carbocycles. The number of benzene rings is 1. The highest BCUT2D eigenvalue weighted by Gasteiger charge is 2.15. The third-order valence-electron chi connectivity index (χ3n) is 4.29. The normalized spacial score (nSPS) is 10.7. The largest absolute Gasteiger partial charge is 0.342 e. The fourth-order valence-electron chi connectivity index (χ4n) is 2.86. The van der Waals surface area contributed by atoms with E-state index in [9.17, 15) is 9.59 Å². The van der Waals surface area contributed by atoms with Crippen molar-refractivity contribution in [2.45, 2.75) is 12.8 Å². The predicted molar refractivity (Wildman–Crippen MR) is 101 cm³/mol. The van der Waals surface area contributed by atoms with E-state index in [4.69, 9.17) is 0 Å². The summed E-state index contributed by atoms with van der Waals surface area (Å²) in [5.74, 6) is -0.267. The Hall–Kier alpha value is -3.15. The molecule has 2 heterocycles. The van der Waals surface area contributed by atoms with Crippen molar-refractivity contribution in [1.82, 2.24) is 19.7 Å². The van der Waals surface area contributed by atoms with E-state index in [2.05, 4.69) is 10.1 Å². The summed E-state index contributed by atoms with van der Waals surface area (Å²) >= 11 is 0. The first-order valence-electron chi connectivity index (χ1n) is 8.56. The van der Waals surface area contributed by atoms with Crippen LogP contribution in [0.5, 0.6) is 0 Å². The van der Waals surface area contributed by atoms with Gasteiger partial charge in [0.1, 0.15) is 5.56 Å². The molecule has 6 nitrogen and oxygen atoms in total. The maximum Gasteiger partial charge on any atom is 0.261 e. The molecule has 0 atom stereocenters. The number of hydrogen-bond donors (Lipinski definition) is 1. The topological polar surface area (TPSA) is 71.0 Å². The van der Waals surface area contributed by atoms with Crippen LogP contribution in [0.15, 0.2) is 59.7 Å². The summed E-state index contributed by atoms with van der Waals surface area (Å²) in [6.07, 6.45) is 5.45. The standard InChI is InChI=1S/C20H22N4O2/c1-23(12-6-7-15-13-21-24(2)14-15)20(26)17-10-11-18(22-19(17)25)16-8-4-3-5-9-16/h3-5,8-11,13-14H,6-7,12H2,1-2H3,(H,22,25). The second-order valence-electron chi connectivity index (χ2n) is 6.33. The highest BCUT2D eigenvalue weighted by molar-refractivity contribution is 5.93. The van der Waals surface area contributed by atoms with Crippen molar-refractivity contribution < 1.29 is 4.79 Å². The summed E-state index contributed by atoms with van der Waals surface area (Å²) in [5.41, 5.74) is 2.54. The maximum atomic E-state index is 12.5. The smallest absolute Gasteiger partial charge is 0.261 e. The van der Waals surface area contributed by atoms with Crippen LogP contribution >= 0.6 is 0 Å². The van der Waals surface area contributed by atoms with Crippen LogP contribution < -0.4 is 5.56 Å². The average Bonchev–Trinajstić information content (AvgIpc) is 3.07. The summed E-state index contributed by atoms with van der Waals surface area (Å²) in [5, 5.41) is 4.13. The van der Waals surface area contributed by atoms with Gasteiger partial charge in [-0.15, -0.1) is 0 Å². The van der Waals surface area contributed by atoms with Crippen LogP contribution in [-0.2, 0) is 13.5 Å².